The van der Waals surface area contributed by atoms with Gasteiger partial charge in [-0.2, -0.15) is 0 Å². The Kier molecular flexibility index (Phi) is 3.79. The Balaban J connectivity index is 2.29. The molecule has 1 heterocycles. The minimum Gasteiger partial charge on any atom is -0.364 e. The molecular formula is C15H15N3O2. The molecule has 1 aromatic carbocycles. The average molecular weight is 269 g/mol. The van der Waals surface area contributed by atoms with Gasteiger partial charge in [-0.3, -0.25) is 9.59 Å². The van der Waals surface area contributed by atoms with Gasteiger partial charge in [-0.25, -0.2) is 4.98 Å². The highest BCUT2D eigenvalue weighted by molar-refractivity contribution is 6.04. The van der Waals surface area contributed by atoms with Crippen LogP contribution in [0.2, 0.25) is 0 Å². The summed E-state index contributed by atoms with van der Waals surface area (Å²) in [4.78, 5) is 27.2. The molecule has 0 bridgehead atoms. The van der Waals surface area contributed by atoms with E-state index in [1.807, 2.05) is 32.0 Å². The van der Waals surface area contributed by atoms with Crippen LogP contribution in [0.1, 0.15) is 32.1 Å². The Morgan fingerprint density at radius 3 is 2.15 bits per heavy atom. The number of benzene rings is 1. The first-order valence-electron chi connectivity index (χ1n) is 6.13. The predicted molar refractivity (Wildman–Crippen MR) is 76.6 cm³/mol. The number of rotatable bonds is 3. The average Bonchev–Trinajstić information content (AvgIpc) is 2.43. The van der Waals surface area contributed by atoms with Crippen molar-refractivity contribution in [2.45, 2.75) is 13.8 Å². The SMILES string of the molecule is Cc1cccc(C)c1NC(=O)c1cccc(C(N)=O)n1. The Labute approximate surface area is 116 Å². The zero-order valence-electron chi connectivity index (χ0n) is 11.3. The smallest absolute Gasteiger partial charge is 0.274 e. The zero-order valence-corrected chi connectivity index (χ0v) is 11.3. The molecule has 2 aromatic rings. The van der Waals surface area contributed by atoms with Gasteiger partial charge in [0.2, 0.25) is 0 Å². The van der Waals surface area contributed by atoms with Crippen molar-refractivity contribution >= 4 is 17.5 Å². The molecule has 0 atom stereocenters. The molecule has 0 aliphatic rings. The maximum Gasteiger partial charge on any atom is 0.274 e. The number of aromatic nitrogens is 1. The molecule has 102 valence electrons. The highest BCUT2D eigenvalue weighted by Gasteiger charge is 2.12. The van der Waals surface area contributed by atoms with Crippen LogP contribution in [0.3, 0.4) is 0 Å². The largest absolute Gasteiger partial charge is 0.364 e. The predicted octanol–water partition coefficient (Wildman–Crippen LogP) is 2.05. The number of aryl methyl sites for hydroxylation is 2. The highest BCUT2D eigenvalue weighted by atomic mass is 16.2. The second-order valence-corrected chi connectivity index (χ2v) is 4.49. The van der Waals surface area contributed by atoms with Crippen LogP contribution in [0.25, 0.3) is 0 Å². The van der Waals surface area contributed by atoms with Crippen molar-refractivity contribution in [3.8, 4) is 0 Å². The Morgan fingerprint density at radius 2 is 1.55 bits per heavy atom. The third kappa shape index (κ3) is 2.83. The lowest BCUT2D eigenvalue weighted by Crippen LogP contribution is -2.19. The monoisotopic (exact) mass is 269 g/mol. The lowest BCUT2D eigenvalue weighted by atomic mass is 10.1. The van der Waals surface area contributed by atoms with Crippen LogP contribution in [0, 0.1) is 13.8 Å². The maximum absolute atomic E-state index is 12.2. The number of nitrogens with two attached hydrogens (primary N) is 1. The maximum atomic E-state index is 12.2. The molecule has 2 amide bonds. The van der Waals surface area contributed by atoms with E-state index in [0.29, 0.717) is 0 Å². The molecule has 0 aliphatic heterocycles. The van der Waals surface area contributed by atoms with Crippen LogP contribution in [-0.2, 0) is 0 Å². The lowest BCUT2D eigenvalue weighted by molar-refractivity contribution is 0.0995. The number of amides is 2. The molecule has 0 fully saturated rings. The van der Waals surface area contributed by atoms with Gasteiger partial charge < -0.3 is 11.1 Å². The third-order valence-electron chi connectivity index (χ3n) is 2.95. The summed E-state index contributed by atoms with van der Waals surface area (Å²) in [6, 6.07) is 10.3. The minimum atomic E-state index is -0.660. The topological polar surface area (TPSA) is 85.1 Å². The number of hydrogen-bond acceptors (Lipinski definition) is 3. The first-order valence-corrected chi connectivity index (χ1v) is 6.13. The summed E-state index contributed by atoms with van der Waals surface area (Å²) in [7, 11) is 0. The molecule has 0 saturated carbocycles. The number of anilines is 1. The Hall–Kier alpha value is -2.69. The van der Waals surface area contributed by atoms with Crippen LogP contribution >= 0.6 is 0 Å². The van der Waals surface area contributed by atoms with E-state index in [1.165, 1.54) is 12.1 Å². The summed E-state index contributed by atoms with van der Waals surface area (Å²) >= 11 is 0. The molecule has 2 rings (SSSR count). The fourth-order valence-electron chi connectivity index (χ4n) is 1.89. The molecule has 5 heteroatoms. The highest BCUT2D eigenvalue weighted by Crippen LogP contribution is 2.20. The molecule has 0 radical (unpaired) electrons. The third-order valence-corrected chi connectivity index (χ3v) is 2.95. The number of pyridine rings is 1. The van der Waals surface area contributed by atoms with Gasteiger partial charge in [-0.05, 0) is 37.1 Å². The summed E-state index contributed by atoms with van der Waals surface area (Å²) < 4.78 is 0. The molecule has 3 N–H and O–H groups in total. The number of primary amides is 1. The first-order chi connectivity index (χ1) is 9.49. The molecular weight excluding hydrogens is 254 g/mol. The summed E-state index contributed by atoms with van der Waals surface area (Å²) in [5, 5.41) is 2.81. The van der Waals surface area contributed by atoms with Crippen molar-refractivity contribution in [1.29, 1.82) is 0 Å². The van der Waals surface area contributed by atoms with Crippen molar-refractivity contribution in [3.05, 3.63) is 58.9 Å². The minimum absolute atomic E-state index is 0.0687. The van der Waals surface area contributed by atoms with E-state index in [2.05, 4.69) is 10.3 Å². The number of carbonyl (C=O) groups excluding carboxylic acids is 2. The van der Waals surface area contributed by atoms with E-state index in [4.69, 9.17) is 5.73 Å². The van der Waals surface area contributed by atoms with E-state index in [-0.39, 0.29) is 17.3 Å². The fourth-order valence-corrected chi connectivity index (χ4v) is 1.89. The molecule has 0 unspecified atom stereocenters. The Bertz CT molecular complexity index is 660. The van der Waals surface area contributed by atoms with E-state index < -0.39 is 5.91 Å². The van der Waals surface area contributed by atoms with Gasteiger partial charge in [0.05, 0.1) is 0 Å². The van der Waals surface area contributed by atoms with Crippen LogP contribution in [0.15, 0.2) is 36.4 Å². The Morgan fingerprint density at radius 1 is 1.00 bits per heavy atom. The number of carbonyl (C=O) groups is 2. The van der Waals surface area contributed by atoms with Gasteiger partial charge in [0.1, 0.15) is 11.4 Å². The summed E-state index contributed by atoms with van der Waals surface area (Å²) in [5.41, 5.74) is 8.05. The molecule has 20 heavy (non-hydrogen) atoms. The number of hydrogen-bond donors (Lipinski definition) is 2. The van der Waals surface area contributed by atoms with E-state index in [9.17, 15) is 9.59 Å². The van der Waals surface area contributed by atoms with Gasteiger partial charge in [0, 0.05) is 5.69 Å². The summed E-state index contributed by atoms with van der Waals surface area (Å²) in [5.74, 6) is -1.03. The number of para-hydroxylation sites is 1. The number of nitrogens with one attached hydrogen (secondary N) is 1. The van der Waals surface area contributed by atoms with Crippen molar-refractivity contribution < 1.29 is 9.59 Å². The normalized spacial score (nSPS) is 10.1. The summed E-state index contributed by atoms with van der Waals surface area (Å²) in [6.45, 7) is 3.83. The second kappa shape index (κ2) is 5.52. The second-order valence-electron chi connectivity index (χ2n) is 4.49. The van der Waals surface area contributed by atoms with E-state index in [1.54, 1.807) is 6.07 Å². The lowest BCUT2D eigenvalue weighted by Gasteiger charge is -2.11. The molecule has 5 nitrogen and oxygen atoms in total. The quantitative estimate of drug-likeness (QED) is 0.894. The van der Waals surface area contributed by atoms with Crippen molar-refractivity contribution in [3.63, 3.8) is 0 Å². The van der Waals surface area contributed by atoms with E-state index in [0.717, 1.165) is 16.8 Å². The van der Waals surface area contributed by atoms with Crippen molar-refractivity contribution in [2.24, 2.45) is 5.73 Å². The molecule has 0 saturated heterocycles. The van der Waals surface area contributed by atoms with Gasteiger partial charge in [0.25, 0.3) is 11.8 Å². The van der Waals surface area contributed by atoms with Gasteiger partial charge >= 0.3 is 0 Å². The van der Waals surface area contributed by atoms with Crippen LogP contribution < -0.4 is 11.1 Å². The van der Waals surface area contributed by atoms with Gasteiger partial charge in [0.15, 0.2) is 0 Å². The van der Waals surface area contributed by atoms with E-state index >= 15 is 0 Å². The van der Waals surface area contributed by atoms with Crippen LogP contribution in [0.4, 0.5) is 5.69 Å². The van der Waals surface area contributed by atoms with Crippen molar-refractivity contribution in [2.75, 3.05) is 5.32 Å². The van der Waals surface area contributed by atoms with Crippen LogP contribution in [-0.4, -0.2) is 16.8 Å². The molecule has 0 aliphatic carbocycles. The fraction of sp³-hybridized carbons (Fsp3) is 0.133. The van der Waals surface area contributed by atoms with Crippen LogP contribution in [0.5, 0.6) is 0 Å². The molecule has 0 spiro atoms. The zero-order chi connectivity index (χ0) is 14.7. The molecule has 1 aromatic heterocycles. The summed E-state index contributed by atoms with van der Waals surface area (Å²) in [6.07, 6.45) is 0. The van der Waals surface area contributed by atoms with Crippen molar-refractivity contribution in [1.82, 2.24) is 4.98 Å². The van der Waals surface area contributed by atoms with Gasteiger partial charge in [-0.15, -0.1) is 0 Å². The first kappa shape index (κ1) is 13.7. The number of nitrogens with zero attached hydrogens (tertiary/aromatic N) is 1. The van der Waals surface area contributed by atoms with Gasteiger partial charge in [-0.1, -0.05) is 24.3 Å². The standard InChI is InChI=1S/C15H15N3O2/c1-9-5-3-6-10(2)13(9)18-15(20)12-8-4-7-11(17-12)14(16)19/h3-8H,1-2H3,(H2,16,19)(H,18,20).